The van der Waals surface area contributed by atoms with Gasteiger partial charge in [0.1, 0.15) is 12.4 Å². The molecule has 0 atom stereocenters. The molecule has 0 heterocycles. The minimum atomic E-state index is -0.235. The van der Waals surface area contributed by atoms with Crippen molar-refractivity contribution < 1.29 is 19.0 Å². The summed E-state index contributed by atoms with van der Waals surface area (Å²) in [6, 6.07) is 22.7. The van der Waals surface area contributed by atoms with Crippen LogP contribution < -0.4 is 19.5 Å². The number of amides is 1. The van der Waals surface area contributed by atoms with Gasteiger partial charge >= 0.3 is 0 Å². The lowest BCUT2D eigenvalue weighted by Gasteiger charge is -2.11. The fourth-order valence-corrected chi connectivity index (χ4v) is 2.70. The standard InChI is InChI=1S/C24H23NO4/c1-27-21-10-6-9-20(16-21)25-24(26)14-12-18-11-13-22(23(15-18)28-2)29-17-19-7-4-3-5-8-19/h3-16H,17H2,1-2H3,(H,25,26)/b14-12+. The summed E-state index contributed by atoms with van der Waals surface area (Å²) >= 11 is 0. The summed E-state index contributed by atoms with van der Waals surface area (Å²) in [4.78, 5) is 12.2. The highest BCUT2D eigenvalue weighted by Gasteiger charge is 2.06. The van der Waals surface area contributed by atoms with Crippen molar-refractivity contribution in [2.45, 2.75) is 6.61 Å². The van der Waals surface area contributed by atoms with Gasteiger partial charge in [-0.25, -0.2) is 0 Å². The van der Waals surface area contributed by atoms with Gasteiger partial charge in [-0.15, -0.1) is 0 Å². The predicted octanol–water partition coefficient (Wildman–Crippen LogP) is 4.93. The van der Waals surface area contributed by atoms with E-state index in [1.54, 1.807) is 32.4 Å². The Balaban J connectivity index is 1.63. The molecule has 29 heavy (non-hydrogen) atoms. The number of hydrogen-bond acceptors (Lipinski definition) is 4. The third kappa shape index (κ3) is 5.87. The van der Waals surface area contributed by atoms with Crippen LogP contribution in [0.25, 0.3) is 6.08 Å². The molecule has 5 nitrogen and oxygen atoms in total. The van der Waals surface area contributed by atoms with Crippen molar-refractivity contribution >= 4 is 17.7 Å². The van der Waals surface area contributed by atoms with Gasteiger partial charge < -0.3 is 19.5 Å². The fraction of sp³-hybridized carbons (Fsp3) is 0.125. The Labute approximate surface area is 170 Å². The number of methoxy groups -OCH3 is 2. The van der Waals surface area contributed by atoms with Gasteiger partial charge in [0, 0.05) is 17.8 Å². The van der Waals surface area contributed by atoms with Gasteiger partial charge in [-0.1, -0.05) is 42.5 Å². The summed E-state index contributed by atoms with van der Waals surface area (Å²) < 4.78 is 16.4. The number of ether oxygens (including phenoxy) is 3. The molecule has 3 aromatic carbocycles. The normalized spacial score (nSPS) is 10.6. The van der Waals surface area contributed by atoms with E-state index < -0.39 is 0 Å². The third-order valence-corrected chi connectivity index (χ3v) is 4.19. The first-order valence-electron chi connectivity index (χ1n) is 9.16. The van der Waals surface area contributed by atoms with Crippen LogP contribution in [0.3, 0.4) is 0 Å². The Kier molecular flexibility index (Phi) is 6.90. The highest BCUT2D eigenvalue weighted by atomic mass is 16.5. The average Bonchev–Trinajstić information content (AvgIpc) is 2.77. The number of carbonyl (C=O) groups excluding carboxylic acids is 1. The number of rotatable bonds is 8. The van der Waals surface area contributed by atoms with Gasteiger partial charge in [0.25, 0.3) is 0 Å². The van der Waals surface area contributed by atoms with Crippen molar-refractivity contribution in [2.75, 3.05) is 19.5 Å². The molecule has 1 N–H and O–H groups in total. The Morgan fingerprint density at radius 3 is 2.48 bits per heavy atom. The number of hydrogen-bond donors (Lipinski definition) is 1. The zero-order valence-corrected chi connectivity index (χ0v) is 16.4. The molecule has 0 fully saturated rings. The van der Waals surface area contributed by atoms with Crippen LogP contribution in [0.2, 0.25) is 0 Å². The molecule has 1 amide bonds. The van der Waals surface area contributed by atoms with Gasteiger partial charge in [0.15, 0.2) is 11.5 Å². The minimum Gasteiger partial charge on any atom is -0.497 e. The minimum absolute atomic E-state index is 0.235. The van der Waals surface area contributed by atoms with Crippen molar-refractivity contribution in [3.05, 3.63) is 90.0 Å². The van der Waals surface area contributed by atoms with Gasteiger partial charge in [-0.05, 0) is 41.5 Å². The molecule has 0 saturated heterocycles. The molecule has 148 valence electrons. The molecule has 0 aromatic heterocycles. The van der Waals surface area contributed by atoms with E-state index in [4.69, 9.17) is 14.2 Å². The number of carbonyl (C=O) groups is 1. The Morgan fingerprint density at radius 1 is 0.897 bits per heavy atom. The Morgan fingerprint density at radius 2 is 1.72 bits per heavy atom. The zero-order valence-electron chi connectivity index (χ0n) is 16.4. The zero-order chi connectivity index (χ0) is 20.5. The molecule has 0 aliphatic heterocycles. The van der Waals surface area contributed by atoms with Crippen LogP contribution in [0.5, 0.6) is 17.2 Å². The summed E-state index contributed by atoms with van der Waals surface area (Å²) in [5.74, 6) is 1.70. The first-order chi connectivity index (χ1) is 14.2. The molecule has 0 aliphatic rings. The van der Waals surface area contributed by atoms with Crippen molar-refractivity contribution in [3.63, 3.8) is 0 Å². The lowest BCUT2D eigenvalue weighted by Crippen LogP contribution is -2.07. The van der Waals surface area contributed by atoms with Gasteiger partial charge in [0.05, 0.1) is 14.2 Å². The van der Waals surface area contributed by atoms with Gasteiger partial charge in [0.2, 0.25) is 5.91 Å². The van der Waals surface area contributed by atoms with E-state index in [0.29, 0.717) is 29.5 Å². The second kappa shape index (κ2) is 9.99. The molecule has 5 heteroatoms. The summed E-state index contributed by atoms with van der Waals surface area (Å²) in [6.07, 6.45) is 3.19. The molecule has 3 rings (SSSR count). The Hall–Kier alpha value is -3.73. The molecule has 0 aliphatic carbocycles. The van der Waals surface area contributed by atoms with E-state index in [-0.39, 0.29) is 5.91 Å². The van der Waals surface area contributed by atoms with Crippen molar-refractivity contribution in [2.24, 2.45) is 0 Å². The average molecular weight is 389 g/mol. The second-order valence-electron chi connectivity index (χ2n) is 6.24. The molecule has 0 saturated carbocycles. The SMILES string of the molecule is COc1cccc(NC(=O)/C=C/c2ccc(OCc3ccccc3)c(OC)c2)c1. The second-order valence-corrected chi connectivity index (χ2v) is 6.24. The molecule has 0 bridgehead atoms. The van der Waals surface area contributed by atoms with Gasteiger partial charge in [-0.3, -0.25) is 4.79 Å². The van der Waals surface area contributed by atoms with Crippen LogP contribution in [0.15, 0.2) is 78.9 Å². The monoisotopic (exact) mass is 389 g/mol. The topological polar surface area (TPSA) is 56.8 Å². The van der Waals surface area contributed by atoms with Gasteiger partial charge in [-0.2, -0.15) is 0 Å². The maximum Gasteiger partial charge on any atom is 0.248 e. The van der Waals surface area contributed by atoms with Crippen LogP contribution in [-0.2, 0) is 11.4 Å². The summed E-state index contributed by atoms with van der Waals surface area (Å²) in [7, 11) is 3.18. The van der Waals surface area contributed by atoms with Crippen molar-refractivity contribution in [3.8, 4) is 17.2 Å². The van der Waals surface area contributed by atoms with Crippen molar-refractivity contribution in [1.29, 1.82) is 0 Å². The molecular weight excluding hydrogens is 366 g/mol. The first kappa shape index (κ1) is 20.0. The number of nitrogens with one attached hydrogen (secondary N) is 1. The smallest absolute Gasteiger partial charge is 0.248 e. The number of benzene rings is 3. The van der Waals surface area contributed by atoms with Crippen LogP contribution in [0.1, 0.15) is 11.1 Å². The summed E-state index contributed by atoms with van der Waals surface area (Å²) in [6.45, 7) is 0.454. The van der Waals surface area contributed by atoms with E-state index in [9.17, 15) is 4.79 Å². The van der Waals surface area contributed by atoms with Crippen LogP contribution in [0.4, 0.5) is 5.69 Å². The van der Waals surface area contributed by atoms with E-state index >= 15 is 0 Å². The Bertz CT molecular complexity index is 983. The van der Waals surface area contributed by atoms with E-state index in [0.717, 1.165) is 11.1 Å². The van der Waals surface area contributed by atoms with Crippen molar-refractivity contribution in [1.82, 2.24) is 0 Å². The van der Waals surface area contributed by atoms with Crippen LogP contribution in [-0.4, -0.2) is 20.1 Å². The van der Waals surface area contributed by atoms with E-state index in [2.05, 4.69) is 5.32 Å². The third-order valence-electron chi connectivity index (χ3n) is 4.19. The summed E-state index contributed by atoms with van der Waals surface area (Å²) in [5.41, 5.74) is 2.57. The first-order valence-corrected chi connectivity index (χ1v) is 9.16. The van der Waals surface area contributed by atoms with E-state index in [1.165, 1.54) is 6.08 Å². The molecule has 3 aromatic rings. The largest absolute Gasteiger partial charge is 0.497 e. The highest BCUT2D eigenvalue weighted by molar-refractivity contribution is 6.02. The number of anilines is 1. The maximum atomic E-state index is 12.2. The summed E-state index contributed by atoms with van der Waals surface area (Å²) in [5, 5.41) is 2.80. The molecule has 0 spiro atoms. The molecule has 0 radical (unpaired) electrons. The lowest BCUT2D eigenvalue weighted by atomic mass is 10.2. The molecular formula is C24H23NO4. The fourth-order valence-electron chi connectivity index (χ4n) is 2.70. The predicted molar refractivity (Wildman–Crippen MR) is 114 cm³/mol. The highest BCUT2D eigenvalue weighted by Crippen LogP contribution is 2.29. The van der Waals surface area contributed by atoms with Crippen LogP contribution in [0, 0.1) is 0 Å². The quantitative estimate of drug-likeness (QED) is 0.555. The molecule has 0 unspecified atom stereocenters. The maximum absolute atomic E-state index is 12.2. The lowest BCUT2D eigenvalue weighted by molar-refractivity contribution is -0.111. The van der Waals surface area contributed by atoms with E-state index in [1.807, 2.05) is 60.7 Å². The van der Waals surface area contributed by atoms with Crippen LogP contribution >= 0.6 is 0 Å².